The average molecular weight is 880 g/mol. The fraction of sp³-hybridized carbons (Fsp3) is 0.311. The highest BCUT2D eigenvalue weighted by atomic mass is 32.1. The van der Waals surface area contributed by atoms with E-state index in [4.69, 9.17) is 0 Å². The summed E-state index contributed by atoms with van der Waals surface area (Å²) < 4.78 is 2.66. The summed E-state index contributed by atoms with van der Waals surface area (Å²) in [6, 6.07) is 50.2. The molecule has 1 fully saturated rings. The molecule has 12 rings (SSSR count). The zero-order valence-electron chi connectivity index (χ0n) is 40.8. The Morgan fingerprint density at radius 1 is 0.530 bits per heavy atom. The number of thiophene rings is 1. The molecule has 0 amide bonds. The Labute approximate surface area is 397 Å². The Morgan fingerprint density at radius 2 is 1.17 bits per heavy atom. The van der Waals surface area contributed by atoms with Crippen LogP contribution in [-0.2, 0) is 16.2 Å². The molecule has 3 nitrogen and oxygen atoms in total. The first-order valence-electron chi connectivity index (χ1n) is 24.4. The maximum atomic E-state index is 2.79. The van der Waals surface area contributed by atoms with Crippen LogP contribution >= 0.6 is 11.3 Å². The van der Waals surface area contributed by atoms with Gasteiger partial charge in [-0.15, -0.1) is 11.3 Å². The average Bonchev–Trinajstić information content (AvgIpc) is 3.75. The van der Waals surface area contributed by atoms with Crippen LogP contribution in [0.4, 0.5) is 45.5 Å². The summed E-state index contributed by atoms with van der Waals surface area (Å²) in [5.41, 5.74) is 22.6. The molecule has 3 aliphatic heterocycles. The van der Waals surface area contributed by atoms with Gasteiger partial charge in [-0.1, -0.05) is 128 Å². The van der Waals surface area contributed by atoms with E-state index in [1.165, 1.54) is 136 Å². The van der Waals surface area contributed by atoms with Crippen molar-refractivity contribution in [3.8, 4) is 0 Å². The fourth-order valence-electron chi connectivity index (χ4n) is 13.1. The van der Waals surface area contributed by atoms with Gasteiger partial charge in [-0.2, -0.15) is 0 Å². The molecule has 330 valence electrons. The van der Waals surface area contributed by atoms with Gasteiger partial charge in [-0.05, 0) is 162 Å². The van der Waals surface area contributed by atoms with E-state index in [0.29, 0.717) is 0 Å². The molecule has 0 bridgehead atoms. The Morgan fingerprint density at radius 3 is 1.94 bits per heavy atom. The Kier molecular flexibility index (Phi) is 8.91. The molecular formula is C61H62BN3S. The van der Waals surface area contributed by atoms with Gasteiger partial charge in [0.05, 0.1) is 15.9 Å². The molecule has 0 N–H and O–H groups in total. The van der Waals surface area contributed by atoms with Gasteiger partial charge >= 0.3 is 0 Å². The summed E-state index contributed by atoms with van der Waals surface area (Å²) in [6.45, 7) is 26.2. The van der Waals surface area contributed by atoms with Crippen molar-refractivity contribution in [3.63, 3.8) is 0 Å². The number of benzene rings is 7. The van der Waals surface area contributed by atoms with E-state index in [-0.39, 0.29) is 28.5 Å². The third-order valence-electron chi connectivity index (χ3n) is 16.4. The molecule has 4 heterocycles. The first kappa shape index (κ1) is 41.6. The molecule has 7 aromatic carbocycles. The molecule has 66 heavy (non-hydrogen) atoms. The van der Waals surface area contributed by atoms with Crippen LogP contribution in [0.2, 0.25) is 0 Å². The molecule has 1 aliphatic carbocycles. The van der Waals surface area contributed by atoms with Crippen LogP contribution in [0.5, 0.6) is 0 Å². The highest BCUT2D eigenvalue weighted by Crippen LogP contribution is 2.62. The van der Waals surface area contributed by atoms with Gasteiger partial charge in [0.25, 0.3) is 6.71 Å². The van der Waals surface area contributed by atoms with E-state index in [9.17, 15) is 0 Å². The third kappa shape index (κ3) is 5.81. The quantitative estimate of drug-likeness (QED) is 0.164. The highest BCUT2D eigenvalue weighted by molar-refractivity contribution is 7.26. The lowest BCUT2D eigenvalue weighted by molar-refractivity contribution is 0.194. The standard InChI is InChI=1S/C61H62BN3S/c1-37-30-39(3)55-51(31-37)65(61(11)29-15-14-28-60(55,61)10)43-25-27-47-50(36-43)63(42-19-16-18-40(34-42)58(4,5)6)52-32-38(2)33-53-56(52)62(47)46-26-24-41(59(7,8)9)35-49(46)64(53)48-22-17-21-45-44-20-12-13-23-54(44)66-57(45)48/h12-13,16-27,30-36H,14-15,28-29H2,1-11H3. The normalized spacial score (nSPS) is 19.8. The smallest absolute Gasteiger partial charge is 0.252 e. The predicted octanol–water partition coefficient (Wildman–Crippen LogP) is 15.4. The van der Waals surface area contributed by atoms with Crippen molar-refractivity contribution in [3.05, 3.63) is 161 Å². The second-order valence-electron chi connectivity index (χ2n) is 22.8. The number of anilines is 8. The first-order valence-corrected chi connectivity index (χ1v) is 25.2. The highest BCUT2D eigenvalue weighted by Gasteiger charge is 2.58. The number of fused-ring (bicyclic) bond motifs is 10. The number of hydrogen-bond acceptors (Lipinski definition) is 4. The van der Waals surface area contributed by atoms with Crippen molar-refractivity contribution < 1.29 is 0 Å². The molecule has 2 unspecified atom stereocenters. The minimum atomic E-state index is -0.0530. The van der Waals surface area contributed by atoms with Crippen molar-refractivity contribution in [2.75, 3.05) is 14.7 Å². The molecular weight excluding hydrogens is 818 g/mol. The Balaban J connectivity index is 1.16. The topological polar surface area (TPSA) is 9.72 Å². The predicted molar refractivity (Wildman–Crippen MR) is 288 cm³/mol. The van der Waals surface area contributed by atoms with Crippen molar-refractivity contribution >= 4 is 100 Å². The maximum absolute atomic E-state index is 2.79. The van der Waals surface area contributed by atoms with Gasteiger partial charge in [0.2, 0.25) is 0 Å². The lowest BCUT2D eigenvalue weighted by Crippen LogP contribution is -2.61. The maximum Gasteiger partial charge on any atom is 0.252 e. The van der Waals surface area contributed by atoms with Gasteiger partial charge < -0.3 is 14.7 Å². The zero-order chi connectivity index (χ0) is 45.8. The van der Waals surface area contributed by atoms with Crippen LogP contribution in [0.25, 0.3) is 20.2 Å². The minimum absolute atomic E-state index is 0.0104. The number of hydrogen-bond donors (Lipinski definition) is 0. The van der Waals surface area contributed by atoms with Crippen LogP contribution in [0, 0.1) is 20.8 Å². The van der Waals surface area contributed by atoms with E-state index in [1.807, 2.05) is 11.3 Å². The Hall–Kier alpha value is -5.78. The van der Waals surface area contributed by atoms with Gasteiger partial charge in [-0.3, -0.25) is 0 Å². The monoisotopic (exact) mass is 879 g/mol. The van der Waals surface area contributed by atoms with Gasteiger partial charge in [-0.25, -0.2) is 0 Å². The molecule has 1 saturated carbocycles. The largest absolute Gasteiger partial charge is 0.334 e. The Bertz CT molecular complexity index is 3350. The molecule has 0 spiro atoms. The molecule has 1 aromatic heterocycles. The van der Waals surface area contributed by atoms with Gasteiger partial charge in [0, 0.05) is 60.7 Å². The van der Waals surface area contributed by atoms with Gasteiger partial charge in [0.1, 0.15) is 0 Å². The SMILES string of the molecule is Cc1cc2c3c(c1)N(c1cccc4c1sc1ccccc14)c1cc(C(C)(C)C)ccc1B3c1ccc(N3c4cc(C)cc(C)c4C4(C)CCCCC34C)cc1N2c1cccc(C(C)(C)C)c1. The summed E-state index contributed by atoms with van der Waals surface area (Å²) in [5, 5.41) is 2.65. The van der Waals surface area contributed by atoms with E-state index in [1.54, 1.807) is 5.56 Å². The first-order chi connectivity index (χ1) is 31.5. The second-order valence-corrected chi connectivity index (χ2v) is 23.8. The molecule has 0 saturated heterocycles. The van der Waals surface area contributed by atoms with E-state index in [0.717, 1.165) is 0 Å². The lowest BCUT2D eigenvalue weighted by Gasteiger charge is -2.51. The molecule has 0 radical (unpaired) electrons. The van der Waals surface area contributed by atoms with Crippen LogP contribution < -0.4 is 31.1 Å². The van der Waals surface area contributed by atoms with Crippen molar-refractivity contribution in [2.24, 2.45) is 0 Å². The summed E-state index contributed by atoms with van der Waals surface area (Å²) in [6.07, 6.45) is 4.91. The van der Waals surface area contributed by atoms with Crippen molar-refractivity contribution in [1.82, 2.24) is 0 Å². The number of aryl methyl sites for hydroxylation is 3. The summed E-state index contributed by atoms with van der Waals surface area (Å²) in [5.74, 6) is 0. The molecule has 8 aromatic rings. The fourth-order valence-corrected chi connectivity index (χ4v) is 14.3. The van der Waals surface area contributed by atoms with Crippen LogP contribution in [0.1, 0.15) is 114 Å². The van der Waals surface area contributed by atoms with Crippen molar-refractivity contribution in [2.45, 2.75) is 124 Å². The summed E-state index contributed by atoms with van der Waals surface area (Å²) in [4.78, 5) is 8.08. The summed E-state index contributed by atoms with van der Waals surface area (Å²) in [7, 11) is 0. The lowest BCUT2D eigenvalue weighted by atomic mass is 9.33. The minimum Gasteiger partial charge on any atom is -0.334 e. The molecule has 5 heteroatoms. The van der Waals surface area contributed by atoms with Crippen molar-refractivity contribution in [1.29, 1.82) is 0 Å². The van der Waals surface area contributed by atoms with Crippen LogP contribution in [0.3, 0.4) is 0 Å². The third-order valence-corrected chi connectivity index (χ3v) is 17.7. The molecule has 2 atom stereocenters. The number of nitrogens with zero attached hydrogens (tertiary/aromatic N) is 3. The zero-order valence-corrected chi connectivity index (χ0v) is 41.6. The number of rotatable bonds is 3. The van der Waals surface area contributed by atoms with Crippen LogP contribution in [-0.4, -0.2) is 12.3 Å². The van der Waals surface area contributed by atoms with E-state index < -0.39 is 0 Å². The summed E-state index contributed by atoms with van der Waals surface area (Å²) >= 11 is 1.92. The molecule has 4 aliphatic rings. The second kappa shape index (κ2) is 14.1. The van der Waals surface area contributed by atoms with Crippen LogP contribution in [0.15, 0.2) is 127 Å². The van der Waals surface area contributed by atoms with Gasteiger partial charge in [0.15, 0.2) is 0 Å². The van der Waals surface area contributed by atoms with E-state index >= 15 is 0 Å². The van der Waals surface area contributed by atoms with E-state index in [2.05, 4.69) is 218 Å².